The van der Waals surface area contributed by atoms with Gasteiger partial charge in [0, 0.05) is 0 Å². The molecule has 0 aliphatic rings. The standard InChI is InChI=1S/C16H11IN2O2/c18-10-12(16(19)21)8-11-6-7-15(20)14(9-11)17-13-4-2-1-3-5-13/h1-9H,(H2-,19,20,21). The highest BCUT2D eigenvalue weighted by Gasteiger charge is 2.16. The number of nitrogens with zero attached hydrogens (tertiary/aromatic N) is 1. The molecule has 2 aromatic carbocycles. The summed E-state index contributed by atoms with van der Waals surface area (Å²) in [5.74, 6) is -0.801. The molecule has 0 aliphatic carbocycles. The number of carbonyl (C=O) groups is 1. The molecule has 2 N–H and O–H groups in total. The summed E-state index contributed by atoms with van der Waals surface area (Å²) in [5.41, 5.74) is 5.61. The molecule has 0 aliphatic heterocycles. The van der Waals surface area contributed by atoms with E-state index in [0.717, 1.165) is 7.14 Å². The van der Waals surface area contributed by atoms with Crippen molar-refractivity contribution in [3.05, 3.63) is 66.8 Å². The molecule has 1 amide bonds. The zero-order chi connectivity index (χ0) is 15.2. The summed E-state index contributed by atoms with van der Waals surface area (Å²) in [4.78, 5) is 11.1. The summed E-state index contributed by atoms with van der Waals surface area (Å²) >= 11 is -0.597. The van der Waals surface area contributed by atoms with Crippen molar-refractivity contribution in [3.63, 3.8) is 0 Å². The van der Waals surface area contributed by atoms with Gasteiger partial charge in [-0.15, -0.1) is 0 Å². The Labute approximate surface area is 132 Å². The molecule has 0 radical (unpaired) electrons. The van der Waals surface area contributed by atoms with E-state index in [1.54, 1.807) is 18.2 Å². The lowest BCUT2D eigenvalue weighted by molar-refractivity contribution is -0.603. The maximum absolute atomic E-state index is 11.9. The van der Waals surface area contributed by atoms with Gasteiger partial charge in [0.25, 0.3) is 5.91 Å². The molecule has 5 heteroatoms. The van der Waals surface area contributed by atoms with Crippen molar-refractivity contribution in [1.29, 1.82) is 5.26 Å². The summed E-state index contributed by atoms with van der Waals surface area (Å²) in [6, 6.07) is 16.3. The van der Waals surface area contributed by atoms with E-state index in [-0.39, 0.29) is 11.3 Å². The lowest BCUT2D eigenvalue weighted by Crippen LogP contribution is -3.61. The molecule has 21 heavy (non-hydrogen) atoms. The van der Waals surface area contributed by atoms with Crippen molar-refractivity contribution in [2.24, 2.45) is 5.73 Å². The Morgan fingerprint density at radius 2 is 1.95 bits per heavy atom. The average Bonchev–Trinajstić information content (AvgIpc) is 2.48. The predicted octanol–water partition coefficient (Wildman–Crippen LogP) is -1.72. The van der Waals surface area contributed by atoms with Crippen molar-refractivity contribution in [2.45, 2.75) is 0 Å². The van der Waals surface area contributed by atoms with Crippen LogP contribution >= 0.6 is 0 Å². The quantitative estimate of drug-likeness (QED) is 0.383. The van der Waals surface area contributed by atoms with Crippen molar-refractivity contribution in [3.8, 4) is 11.8 Å². The molecular weight excluding hydrogens is 379 g/mol. The first-order valence-electron chi connectivity index (χ1n) is 6.02. The minimum absolute atomic E-state index is 0.0265. The number of nitriles is 1. The number of hydrogen-bond donors (Lipinski definition) is 1. The van der Waals surface area contributed by atoms with Crippen LogP contribution in [0.5, 0.6) is 5.75 Å². The van der Waals surface area contributed by atoms with Gasteiger partial charge in [0.2, 0.25) is 0 Å². The fourth-order valence-corrected chi connectivity index (χ4v) is 4.01. The van der Waals surface area contributed by atoms with Gasteiger partial charge in [-0.05, 0) is 29.8 Å². The largest absolute Gasteiger partial charge is 0.869 e. The molecule has 0 spiro atoms. The molecule has 2 aromatic rings. The van der Waals surface area contributed by atoms with Gasteiger partial charge in [0.05, 0.1) is 0 Å². The molecule has 2 rings (SSSR count). The predicted molar refractivity (Wildman–Crippen MR) is 72.5 cm³/mol. The number of benzene rings is 2. The number of hydrogen-bond acceptors (Lipinski definition) is 3. The molecule has 0 saturated heterocycles. The van der Waals surface area contributed by atoms with Crippen LogP contribution in [0.4, 0.5) is 0 Å². The molecular formula is C16H11IN2O2. The van der Waals surface area contributed by atoms with Crippen molar-refractivity contribution < 1.29 is 31.1 Å². The van der Waals surface area contributed by atoms with E-state index in [1.165, 1.54) is 12.1 Å². The van der Waals surface area contributed by atoms with Crippen LogP contribution in [-0.4, -0.2) is 5.91 Å². The zero-order valence-electron chi connectivity index (χ0n) is 10.9. The van der Waals surface area contributed by atoms with Gasteiger partial charge in [0.15, 0.2) is 7.14 Å². The third kappa shape index (κ3) is 4.07. The minimum atomic E-state index is -0.775. The van der Waals surface area contributed by atoms with Crippen LogP contribution in [0.15, 0.2) is 54.1 Å². The molecule has 0 atom stereocenters. The second-order valence-corrected chi connectivity index (χ2v) is 7.06. The van der Waals surface area contributed by atoms with Gasteiger partial charge in [-0.25, -0.2) is 0 Å². The maximum atomic E-state index is 11.9. The van der Waals surface area contributed by atoms with Crippen LogP contribution in [0.2, 0.25) is 0 Å². The monoisotopic (exact) mass is 390 g/mol. The summed E-state index contributed by atoms with van der Waals surface area (Å²) in [5, 5.41) is 20.8. The zero-order valence-corrected chi connectivity index (χ0v) is 13.1. The third-order valence-electron chi connectivity index (χ3n) is 2.60. The first-order valence-corrected chi connectivity index (χ1v) is 8.18. The Bertz CT molecular complexity index is 734. The van der Waals surface area contributed by atoms with Crippen molar-refractivity contribution in [1.82, 2.24) is 0 Å². The third-order valence-corrected chi connectivity index (χ3v) is 5.36. The normalized spacial score (nSPS) is 10.9. The Hall–Kier alpha value is -2.33. The fourth-order valence-electron chi connectivity index (χ4n) is 1.60. The molecule has 0 unspecified atom stereocenters. The number of rotatable bonds is 4. The summed E-state index contributed by atoms with van der Waals surface area (Å²) in [7, 11) is 0. The Balaban J connectivity index is 2.34. The summed E-state index contributed by atoms with van der Waals surface area (Å²) in [6.07, 6.45) is 1.40. The second kappa shape index (κ2) is 6.90. The van der Waals surface area contributed by atoms with Crippen molar-refractivity contribution >= 4 is 12.0 Å². The smallest absolute Gasteiger partial charge is 0.357 e. The lowest BCUT2D eigenvalue weighted by Gasteiger charge is -2.05. The molecule has 0 bridgehead atoms. The topological polar surface area (TPSA) is 89.9 Å². The summed E-state index contributed by atoms with van der Waals surface area (Å²) in [6.45, 7) is 0. The number of primary amides is 1. The molecule has 0 heterocycles. The SMILES string of the molecule is N#C/C(=C\c1ccc([O-])c([I+]c2ccccc2)c1)C(N)=O. The van der Waals surface area contributed by atoms with Gasteiger partial charge in [-0.1, -0.05) is 36.1 Å². The van der Waals surface area contributed by atoms with Crippen LogP contribution in [0.3, 0.4) is 0 Å². The maximum Gasteiger partial charge on any atom is 0.357 e. The highest BCUT2D eigenvalue weighted by Crippen LogP contribution is 2.11. The number of halogens is 1. The first kappa shape index (κ1) is 15.1. The highest BCUT2D eigenvalue weighted by atomic mass is 127. The number of nitrogens with two attached hydrogens (primary N) is 1. The lowest BCUT2D eigenvalue weighted by atomic mass is 10.1. The molecule has 104 valence electrons. The van der Waals surface area contributed by atoms with Crippen LogP contribution < -0.4 is 32.0 Å². The Morgan fingerprint density at radius 1 is 1.24 bits per heavy atom. The fraction of sp³-hybridized carbons (Fsp3) is 0. The van der Waals surface area contributed by atoms with E-state index in [4.69, 9.17) is 11.0 Å². The highest BCUT2D eigenvalue weighted by molar-refractivity contribution is 6.00. The van der Waals surface area contributed by atoms with E-state index >= 15 is 0 Å². The molecule has 4 nitrogen and oxygen atoms in total. The van der Waals surface area contributed by atoms with Gasteiger partial charge in [-0.3, -0.25) is 4.79 Å². The Kier molecular flexibility index (Phi) is 4.95. The van der Waals surface area contributed by atoms with Gasteiger partial charge in [0.1, 0.15) is 11.6 Å². The number of carbonyl (C=O) groups excluding carboxylic acids is 1. The van der Waals surface area contributed by atoms with E-state index in [0.29, 0.717) is 5.56 Å². The van der Waals surface area contributed by atoms with Crippen LogP contribution in [0.25, 0.3) is 6.08 Å². The van der Waals surface area contributed by atoms with Gasteiger partial charge >= 0.3 is 21.2 Å². The van der Waals surface area contributed by atoms with E-state index in [2.05, 4.69) is 0 Å². The minimum Gasteiger partial charge on any atom is -0.869 e. The van der Waals surface area contributed by atoms with Crippen molar-refractivity contribution in [2.75, 3.05) is 0 Å². The first-order chi connectivity index (χ1) is 10.1. The summed E-state index contributed by atoms with van der Waals surface area (Å²) < 4.78 is 1.85. The van der Waals surface area contributed by atoms with Crippen LogP contribution in [0.1, 0.15) is 5.56 Å². The molecule has 0 fully saturated rings. The molecule has 0 saturated carbocycles. The van der Waals surface area contributed by atoms with Gasteiger partial charge in [-0.2, -0.15) is 5.26 Å². The average molecular weight is 390 g/mol. The Morgan fingerprint density at radius 3 is 2.57 bits per heavy atom. The number of amides is 1. The second-order valence-electron chi connectivity index (χ2n) is 4.11. The van der Waals surface area contributed by atoms with Crippen LogP contribution in [-0.2, 0) is 4.79 Å². The van der Waals surface area contributed by atoms with Gasteiger partial charge < -0.3 is 10.8 Å². The van der Waals surface area contributed by atoms with E-state index in [1.807, 2.05) is 30.3 Å². The molecule has 0 aromatic heterocycles. The van der Waals surface area contributed by atoms with E-state index in [9.17, 15) is 9.90 Å². The van der Waals surface area contributed by atoms with Crippen LogP contribution in [0, 0.1) is 18.5 Å². The van der Waals surface area contributed by atoms with E-state index < -0.39 is 27.1 Å².